The fourth-order valence-corrected chi connectivity index (χ4v) is 4.05. The van der Waals surface area contributed by atoms with E-state index in [1.54, 1.807) is 48.7 Å². The summed E-state index contributed by atoms with van der Waals surface area (Å²) in [5, 5.41) is 11.3. The molecule has 1 aliphatic heterocycles. The molecule has 1 fully saturated rings. The van der Waals surface area contributed by atoms with E-state index in [0.717, 1.165) is 16.7 Å². The van der Waals surface area contributed by atoms with Crippen LogP contribution < -0.4 is 10.2 Å². The lowest BCUT2D eigenvalue weighted by Crippen LogP contribution is -2.32. The number of amides is 2. The van der Waals surface area contributed by atoms with E-state index in [4.69, 9.17) is 28.5 Å². The van der Waals surface area contributed by atoms with E-state index in [1.165, 1.54) is 0 Å². The van der Waals surface area contributed by atoms with Crippen molar-refractivity contribution < 1.29 is 9.59 Å². The quantitative estimate of drug-likeness (QED) is 0.266. The summed E-state index contributed by atoms with van der Waals surface area (Å²) >= 11 is 13.3. The number of halogens is 2. The highest BCUT2D eigenvalue weighted by molar-refractivity contribution is 8.15. The van der Waals surface area contributed by atoms with Crippen molar-refractivity contribution in [2.75, 3.05) is 4.90 Å². The van der Waals surface area contributed by atoms with Crippen LogP contribution in [0.25, 0.3) is 0 Å². The highest BCUT2D eigenvalue weighted by Crippen LogP contribution is 2.38. The molecule has 136 valence electrons. The highest BCUT2D eigenvalue weighted by Gasteiger charge is 2.42. The molecule has 1 saturated heterocycles. The number of thioether (sulfide) groups is 1. The zero-order valence-corrected chi connectivity index (χ0v) is 16.1. The standard InChI is InChI=1S/C18H12Cl2N4O2S/c19-12-7-4-8-13(20)16(12)24-15(25)9-14(17(24)26)27-18(22-10-21)23-11-5-2-1-3-6-11/h1-8,14H,9H2,(H,22,23). The Hall–Kier alpha value is -2.53. The largest absolute Gasteiger partial charge is 0.274 e. The lowest BCUT2D eigenvalue weighted by molar-refractivity contribution is -0.121. The van der Waals surface area contributed by atoms with Gasteiger partial charge < -0.3 is 0 Å². The number of hydrogen-bond donors (Lipinski definition) is 1. The smallest absolute Gasteiger partial charge is 0.247 e. The second kappa shape index (κ2) is 8.44. The van der Waals surface area contributed by atoms with Gasteiger partial charge in [-0.05, 0) is 24.3 Å². The number of anilines is 1. The molecule has 0 bridgehead atoms. The van der Waals surface area contributed by atoms with Crippen molar-refractivity contribution in [1.29, 1.82) is 5.26 Å². The molecule has 0 aliphatic carbocycles. The Bertz CT molecular complexity index is 939. The SMILES string of the molecule is N#CNC(=Nc1ccccc1)SC1CC(=O)N(c2c(Cl)cccc2Cl)C1=O. The van der Waals surface area contributed by atoms with Gasteiger partial charge in [0.1, 0.15) is 5.25 Å². The molecule has 0 aromatic heterocycles. The maximum Gasteiger partial charge on any atom is 0.247 e. The van der Waals surface area contributed by atoms with Gasteiger partial charge in [-0.15, -0.1) is 0 Å². The van der Waals surface area contributed by atoms with Crippen molar-refractivity contribution in [1.82, 2.24) is 5.32 Å². The number of benzene rings is 2. The van der Waals surface area contributed by atoms with Crippen LogP contribution in [-0.4, -0.2) is 22.2 Å². The first-order chi connectivity index (χ1) is 13.0. The molecule has 3 rings (SSSR count). The molecule has 0 radical (unpaired) electrons. The monoisotopic (exact) mass is 418 g/mol. The molecule has 2 aromatic rings. The maximum absolute atomic E-state index is 12.8. The number of nitrogens with zero attached hydrogens (tertiary/aromatic N) is 3. The van der Waals surface area contributed by atoms with E-state index in [0.29, 0.717) is 5.69 Å². The minimum Gasteiger partial charge on any atom is -0.274 e. The summed E-state index contributed by atoms with van der Waals surface area (Å²) < 4.78 is 0. The minimum absolute atomic E-state index is 0.0496. The lowest BCUT2D eigenvalue weighted by atomic mass is 10.3. The summed E-state index contributed by atoms with van der Waals surface area (Å²) in [5.41, 5.74) is 0.791. The van der Waals surface area contributed by atoms with E-state index in [9.17, 15) is 9.59 Å². The molecule has 1 N–H and O–H groups in total. The number of aliphatic imine (C=N–C) groups is 1. The first kappa shape index (κ1) is 19.2. The Morgan fingerprint density at radius 1 is 1.15 bits per heavy atom. The molecule has 2 amide bonds. The van der Waals surface area contributed by atoms with Gasteiger partial charge in [0.2, 0.25) is 11.8 Å². The summed E-state index contributed by atoms with van der Waals surface area (Å²) in [7, 11) is 0. The fraction of sp³-hybridized carbons (Fsp3) is 0.111. The molecule has 1 unspecified atom stereocenters. The van der Waals surface area contributed by atoms with Crippen LogP contribution in [0.3, 0.4) is 0 Å². The predicted octanol–water partition coefficient (Wildman–Crippen LogP) is 4.12. The van der Waals surface area contributed by atoms with Gasteiger partial charge in [0.05, 0.1) is 21.4 Å². The van der Waals surface area contributed by atoms with Crippen LogP contribution in [-0.2, 0) is 9.59 Å². The van der Waals surface area contributed by atoms with Gasteiger partial charge in [0.25, 0.3) is 0 Å². The number of amidine groups is 1. The second-order valence-electron chi connectivity index (χ2n) is 5.44. The van der Waals surface area contributed by atoms with Gasteiger partial charge in [-0.3, -0.25) is 14.9 Å². The zero-order valence-electron chi connectivity index (χ0n) is 13.7. The van der Waals surface area contributed by atoms with E-state index >= 15 is 0 Å². The molecular formula is C18H12Cl2N4O2S. The van der Waals surface area contributed by atoms with Gasteiger partial charge in [-0.1, -0.05) is 59.2 Å². The van der Waals surface area contributed by atoms with Gasteiger partial charge >= 0.3 is 0 Å². The average molecular weight is 419 g/mol. The predicted molar refractivity (Wildman–Crippen MR) is 107 cm³/mol. The molecule has 9 heteroatoms. The van der Waals surface area contributed by atoms with E-state index in [-0.39, 0.29) is 27.3 Å². The molecule has 1 atom stereocenters. The highest BCUT2D eigenvalue weighted by atomic mass is 35.5. The lowest BCUT2D eigenvalue weighted by Gasteiger charge is -2.17. The Morgan fingerprint density at radius 2 is 1.81 bits per heavy atom. The molecule has 0 spiro atoms. The number of para-hydroxylation sites is 2. The number of nitriles is 1. The maximum atomic E-state index is 12.8. The van der Waals surface area contributed by atoms with Crippen molar-refractivity contribution in [2.45, 2.75) is 11.7 Å². The van der Waals surface area contributed by atoms with Crippen molar-refractivity contribution in [3.8, 4) is 6.19 Å². The third kappa shape index (κ3) is 4.25. The normalized spacial score (nSPS) is 17.1. The zero-order chi connectivity index (χ0) is 19.4. The number of nitrogens with one attached hydrogen (secondary N) is 1. The van der Waals surface area contributed by atoms with E-state index in [2.05, 4.69) is 10.3 Å². The van der Waals surface area contributed by atoms with Crippen molar-refractivity contribution >= 4 is 63.3 Å². The van der Waals surface area contributed by atoms with Crippen LogP contribution >= 0.6 is 35.0 Å². The molecule has 6 nitrogen and oxygen atoms in total. The number of imide groups is 1. The summed E-state index contributed by atoms with van der Waals surface area (Å²) in [5.74, 6) is -0.871. The van der Waals surface area contributed by atoms with Crippen LogP contribution in [0.2, 0.25) is 10.0 Å². The molecule has 2 aromatic carbocycles. The van der Waals surface area contributed by atoms with Gasteiger partial charge in [-0.25, -0.2) is 9.89 Å². The van der Waals surface area contributed by atoms with Crippen LogP contribution in [0.4, 0.5) is 11.4 Å². The summed E-state index contributed by atoms with van der Waals surface area (Å²) in [6, 6.07) is 13.7. The number of hydrogen-bond acceptors (Lipinski definition) is 5. The van der Waals surface area contributed by atoms with Crippen molar-refractivity contribution in [3.63, 3.8) is 0 Å². The van der Waals surface area contributed by atoms with Crippen LogP contribution in [0, 0.1) is 11.5 Å². The Labute approximate surface area is 169 Å². The fourth-order valence-electron chi connectivity index (χ4n) is 2.52. The molecule has 1 aliphatic rings. The van der Waals surface area contributed by atoms with Gasteiger partial charge in [-0.2, -0.15) is 5.26 Å². The Kier molecular flexibility index (Phi) is 6.01. The van der Waals surface area contributed by atoms with Crippen LogP contribution in [0.15, 0.2) is 53.5 Å². The Balaban J connectivity index is 1.86. The first-order valence-corrected chi connectivity index (χ1v) is 9.41. The van der Waals surface area contributed by atoms with Gasteiger partial charge in [0, 0.05) is 6.42 Å². The summed E-state index contributed by atoms with van der Waals surface area (Å²) in [6.45, 7) is 0. The number of carbonyl (C=O) groups excluding carboxylic acids is 2. The third-order valence-corrected chi connectivity index (χ3v) is 5.35. The molecular weight excluding hydrogens is 407 g/mol. The van der Waals surface area contributed by atoms with Crippen molar-refractivity contribution in [2.24, 2.45) is 4.99 Å². The topological polar surface area (TPSA) is 85.6 Å². The first-order valence-electron chi connectivity index (χ1n) is 7.77. The molecule has 1 heterocycles. The van der Waals surface area contributed by atoms with Crippen LogP contribution in [0.1, 0.15) is 6.42 Å². The summed E-state index contributed by atoms with van der Waals surface area (Å²) in [4.78, 5) is 30.6. The minimum atomic E-state index is -0.742. The van der Waals surface area contributed by atoms with Gasteiger partial charge in [0.15, 0.2) is 11.4 Å². The third-order valence-electron chi connectivity index (χ3n) is 3.67. The second-order valence-corrected chi connectivity index (χ2v) is 7.44. The summed E-state index contributed by atoms with van der Waals surface area (Å²) in [6.07, 6.45) is 1.75. The van der Waals surface area contributed by atoms with Crippen molar-refractivity contribution in [3.05, 3.63) is 58.6 Å². The average Bonchev–Trinajstić information content (AvgIpc) is 2.90. The Morgan fingerprint density at radius 3 is 2.44 bits per heavy atom. The number of carbonyl (C=O) groups is 2. The molecule has 27 heavy (non-hydrogen) atoms. The molecule has 0 saturated carbocycles. The van der Waals surface area contributed by atoms with E-state index < -0.39 is 17.1 Å². The van der Waals surface area contributed by atoms with E-state index in [1.807, 2.05) is 6.07 Å². The van der Waals surface area contributed by atoms with Crippen LogP contribution in [0.5, 0.6) is 0 Å². The number of rotatable bonds is 3.